The van der Waals surface area contributed by atoms with E-state index in [0.717, 1.165) is 12.3 Å². The zero-order valence-electron chi connectivity index (χ0n) is 12.4. The van der Waals surface area contributed by atoms with Crippen LogP contribution in [0.3, 0.4) is 0 Å². The normalized spacial score (nSPS) is 11.1. The van der Waals surface area contributed by atoms with Gasteiger partial charge in [0.25, 0.3) is 0 Å². The van der Waals surface area contributed by atoms with Crippen molar-refractivity contribution < 1.29 is 4.74 Å². The summed E-state index contributed by atoms with van der Waals surface area (Å²) in [6, 6.07) is 8.94. The third-order valence-corrected chi connectivity index (χ3v) is 2.90. The first kappa shape index (κ1) is 14.9. The molecule has 1 aromatic rings. The predicted molar refractivity (Wildman–Crippen MR) is 79.6 cm³/mol. The molecule has 0 aromatic heterocycles. The lowest BCUT2D eigenvalue weighted by molar-refractivity contribution is 0.242. The molecule has 0 heterocycles. The largest absolute Gasteiger partial charge is 0.491 e. The Labute approximate surface area is 112 Å². The van der Waals surface area contributed by atoms with Gasteiger partial charge in [-0.05, 0) is 46.2 Å². The van der Waals surface area contributed by atoms with Crippen molar-refractivity contribution in [1.29, 1.82) is 0 Å². The summed E-state index contributed by atoms with van der Waals surface area (Å²) in [7, 11) is 0. The Hall–Kier alpha value is -1.18. The Balaban J connectivity index is 2.83. The van der Waals surface area contributed by atoms with Gasteiger partial charge in [-0.1, -0.05) is 19.4 Å². The fourth-order valence-corrected chi connectivity index (χ4v) is 2.02. The summed E-state index contributed by atoms with van der Waals surface area (Å²) >= 11 is 0. The fourth-order valence-electron chi connectivity index (χ4n) is 2.02. The maximum atomic E-state index is 5.76. The molecule has 2 nitrogen and oxygen atoms in total. The molecular formula is C16H27NO. The van der Waals surface area contributed by atoms with E-state index in [4.69, 9.17) is 4.74 Å². The Bertz CT molecular complexity index is 347. The second-order valence-corrected chi connectivity index (χ2v) is 5.30. The second kappa shape index (κ2) is 7.30. The van der Waals surface area contributed by atoms with Gasteiger partial charge in [-0.2, -0.15) is 0 Å². The van der Waals surface area contributed by atoms with Crippen LogP contribution in [0.4, 0.5) is 5.69 Å². The first-order valence-corrected chi connectivity index (χ1v) is 7.08. The van der Waals surface area contributed by atoms with Crippen LogP contribution in [0.1, 0.15) is 47.5 Å². The molecule has 0 aliphatic rings. The summed E-state index contributed by atoms with van der Waals surface area (Å²) in [4.78, 5) is 2.44. The van der Waals surface area contributed by atoms with Crippen LogP contribution in [0.25, 0.3) is 0 Å². The SMILES string of the molecule is CCCCN(c1cccc(OC(C)C)c1)C(C)C. The summed E-state index contributed by atoms with van der Waals surface area (Å²) in [5, 5.41) is 0. The molecule has 18 heavy (non-hydrogen) atoms. The summed E-state index contributed by atoms with van der Waals surface area (Å²) in [5.41, 5.74) is 1.26. The van der Waals surface area contributed by atoms with E-state index >= 15 is 0 Å². The minimum absolute atomic E-state index is 0.225. The minimum atomic E-state index is 0.225. The molecule has 1 rings (SSSR count). The van der Waals surface area contributed by atoms with Gasteiger partial charge in [0, 0.05) is 24.3 Å². The lowest BCUT2D eigenvalue weighted by Crippen LogP contribution is -2.31. The van der Waals surface area contributed by atoms with Gasteiger partial charge in [-0.15, -0.1) is 0 Å². The van der Waals surface area contributed by atoms with Crippen molar-refractivity contribution in [2.24, 2.45) is 0 Å². The van der Waals surface area contributed by atoms with E-state index in [1.807, 2.05) is 6.07 Å². The number of rotatable bonds is 7. The van der Waals surface area contributed by atoms with Crippen LogP contribution in [0, 0.1) is 0 Å². The molecule has 0 saturated carbocycles. The van der Waals surface area contributed by atoms with Crippen LogP contribution in [0.2, 0.25) is 0 Å². The maximum absolute atomic E-state index is 5.76. The first-order valence-electron chi connectivity index (χ1n) is 7.08. The molecule has 2 heteroatoms. The third-order valence-electron chi connectivity index (χ3n) is 2.90. The lowest BCUT2D eigenvalue weighted by atomic mass is 10.2. The average Bonchev–Trinajstić information content (AvgIpc) is 2.28. The highest BCUT2D eigenvalue weighted by Crippen LogP contribution is 2.24. The van der Waals surface area contributed by atoms with Gasteiger partial charge in [0.1, 0.15) is 5.75 Å². The topological polar surface area (TPSA) is 12.5 Å². The zero-order valence-corrected chi connectivity index (χ0v) is 12.4. The molecule has 0 atom stereocenters. The van der Waals surface area contributed by atoms with Crippen molar-refractivity contribution in [2.75, 3.05) is 11.4 Å². The van der Waals surface area contributed by atoms with Gasteiger partial charge >= 0.3 is 0 Å². The molecule has 0 bridgehead atoms. The molecule has 0 aliphatic carbocycles. The standard InChI is InChI=1S/C16H27NO/c1-6-7-11-17(13(2)3)15-9-8-10-16(12-15)18-14(4)5/h8-10,12-14H,6-7,11H2,1-5H3. The van der Waals surface area contributed by atoms with E-state index in [1.54, 1.807) is 0 Å². The number of benzene rings is 1. The van der Waals surface area contributed by atoms with E-state index in [-0.39, 0.29) is 6.10 Å². The van der Waals surface area contributed by atoms with Crippen molar-refractivity contribution in [3.05, 3.63) is 24.3 Å². The Kier molecular flexibility index (Phi) is 6.03. The van der Waals surface area contributed by atoms with E-state index in [9.17, 15) is 0 Å². The summed E-state index contributed by atoms with van der Waals surface area (Å²) < 4.78 is 5.76. The molecular weight excluding hydrogens is 222 g/mol. The highest BCUT2D eigenvalue weighted by Gasteiger charge is 2.10. The van der Waals surface area contributed by atoms with Crippen molar-refractivity contribution in [1.82, 2.24) is 0 Å². The first-order chi connectivity index (χ1) is 8.54. The smallest absolute Gasteiger partial charge is 0.121 e. The van der Waals surface area contributed by atoms with Crippen LogP contribution in [-0.2, 0) is 0 Å². The number of hydrogen-bond acceptors (Lipinski definition) is 2. The van der Waals surface area contributed by atoms with Gasteiger partial charge in [0.15, 0.2) is 0 Å². The van der Waals surface area contributed by atoms with Crippen LogP contribution in [-0.4, -0.2) is 18.7 Å². The summed E-state index contributed by atoms with van der Waals surface area (Å²) in [5.74, 6) is 0.963. The van der Waals surface area contributed by atoms with Crippen LogP contribution in [0.15, 0.2) is 24.3 Å². The van der Waals surface area contributed by atoms with Crippen molar-refractivity contribution >= 4 is 5.69 Å². The van der Waals surface area contributed by atoms with Crippen molar-refractivity contribution in [3.63, 3.8) is 0 Å². The quantitative estimate of drug-likeness (QED) is 0.706. The highest BCUT2D eigenvalue weighted by molar-refractivity contribution is 5.51. The third kappa shape index (κ3) is 4.59. The number of nitrogens with zero attached hydrogens (tertiary/aromatic N) is 1. The molecule has 0 amide bonds. The van der Waals surface area contributed by atoms with Crippen LogP contribution in [0.5, 0.6) is 5.75 Å². The molecule has 0 radical (unpaired) electrons. The average molecular weight is 249 g/mol. The Morgan fingerprint density at radius 1 is 1.17 bits per heavy atom. The van der Waals surface area contributed by atoms with Gasteiger partial charge in [-0.3, -0.25) is 0 Å². The molecule has 0 aliphatic heterocycles. The van der Waals surface area contributed by atoms with Crippen LogP contribution >= 0.6 is 0 Å². The minimum Gasteiger partial charge on any atom is -0.491 e. The monoisotopic (exact) mass is 249 g/mol. The van der Waals surface area contributed by atoms with Crippen molar-refractivity contribution in [2.45, 2.75) is 59.6 Å². The van der Waals surface area contributed by atoms with Gasteiger partial charge in [0.2, 0.25) is 0 Å². The van der Waals surface area contributed by atoms with Gasteiger partial charge in [-0.25, -0.2) is 0 Å². The molecule has 0 N–H and O–H groups in total. The molecule has 102 valence electrons. The number of ether oxygens (including phenoxy) is 1. The number of anilines is 1. The van der Waals surface area contributed by atoms with E-state index in [2.05, 4.69) is 57.7 Å². The maximum Gasteiger partial charge on any atom is 0.121 e. The number of unbranched alkanes of at least 4 members (excludes halogenated alkanes) is 1. The Morgan fingerprint density at radius 3 is 2.44 bits per heavy atom. The van der Waals surface area contributed by atoms with Crippen molar-refractivity contribution in [3.8, 4) is 5.75 Å². The highest BCUT2D eigenvalue weighted by atomic mass is 16.5. The van der Waals surface area contributed by atoms with Gasteiger partial charge in [0.05, 0.1) is 6.10 Å². The summed E-state index contributed by atoms with van der Waals surface area (Å²) in [6.45, 7) is 11.9. The van der Waals surface area contributed by atoms with E-state index in [0.29, 0.717) is 6.04 Å². The molecule has 0 fully saturated rings. The summed E-state index contributed by atoms with van der Waals surface area (Å²) in [6.07, 6.45) is 2.68. The molecule has 0 saturated heterocycles. The van der Waals surface area contributed by atoms with Gasteiger partial charge < -0.3 is 9.64 Å². The molecule has 1 aromatic carbocycles. The lowest BCUT2D eigenvalue weighted by Gasteiger charge is -2.29. The zero-order chi connectivity index (χ0) is 13.5. The van der Waals surface area contributed by atoms with Crippen LogP contribution < -0.4 is 9.64 Å². The second-order valence-electron chi connectivity index (χ2n) is 5.30. The fraction of sp³-hybridized carbons (Fsp3) is 0.625. The predicted octanol–water partition coefficient (Wildman–Crippen LogP) is 4.49. The van der Waals surface area contributed by atoms with E-state index in [1.165, 1.54) is 18.5 Å². The molecule has 0 spiro atoms. The molecule has 0 unspecified atom stereocenters. The number of hydrogen-bond donors (Lipinski definition) is 0. The Morgan fingerprint density at radius 2 is 1.89 bits per heavy atom. The van der Waals surface area contributed by atoms with E-state index < -0.39 is 0 Å².